The van der Waals surface area contributed by atoms with Crippen LogP contribution in [0.3, 0.4) is 0 Å². The summed E-state index contributed by atoms with van der Waals surface area (Å²) in [6.45, 7) is 0. The van der Waals surface area contributed by atoms with Crippen LogP contribution in [0.2, 0.25) is 0 Å². The van der Waals surface area contributed by atoms with Crippen molar-refractivity contribution in [3.8, 4) is 11.6 Å². The summed E-state index contributed by atoms with van der Waals surface area (Å²) >= 11 is 0. The summed E-state index contributed by atoms with van der Waals surface area (Å²) in [6.07, 6.45) is 5.77. The lowest BCUT2D eigenvalue weighted by Gasteiger charge is -2.07. The van der Waals surface area contributed by atoms with Gasteiger partial charge in [-0.1, -0.05) is 0 Å². The zero-order valence-electron chi connectivity index (χ0n) is 9.61. The van der Waals surface area contributed by atoms with Gasteiger partial charge in [0.25, 0.3) is 0 Å². The third-order valence-electron chi connectivity index (χ3n) is 2.56. The van der Waals surface area contributed by atoms with Gasteiger partial charge in [-0.3, -0.25) is 4.98 Å². The maximum atomic E-state index is 11.1. The first-order chi connectivity index (χ1) is 9.25. The number of carbonyl (C=O) groups is 1. The molecule has 6 nitrogen and oxygen atoms in total. The second kappa shape index (κ2) is 4.41. The van der Waals surface area contributed by atoms with Crippen molar-refractivity contribution in [1.82, 2.24) is 9.97 Å². The quantitative estimate of drug-likeness (QED) is 0.775. The van der Waals surface area contributed by atoms with E-state index in [1.165, 1.54) is 30.9 Å². The van der Waals surface area contributed by atoms with E-state index in [9.17, 15) is 4.79 Å². The van der Waals surface area contributed by atoms with Crippen molar-refractivity contribution < 1.29 is 19.1 Å². The number of hydrogen-bond acceptors (Lipinski definition) is 5. The van der Waals surface area contributed by atoms with Gasteiger partial charge in [-0.15, -0.1) is 0 Å². The molecule has 19 heavy (non-hydrogen) atoms. The minimum absolute atomic E-state index is 0.0253. The van der Waals surface area contributed by atoms with E-state index in [1.807, 2.05) is 0 Å². The van der Waals surface area contributed by atoms with Crippen molar-refractivity contribution in [3.63, 3.8) is 0 Å². The molecule has 0 radical (unpaired) electrons. The van der Waals surface area contributed by atoms with E-state index >= 15 is 0 Å². The number of pyridine rings is 2. The van der Waals surface area contributed by atoms with E-state index in [0.717, 1.165) is 0 Å². The number of carboxylic acid groups (broad SMARTS) is 1. The monoisotopic (exact) mass is 256 g/mol. The molecule has 1 N–H and O–H groups in total. The lowest BCUT2D eigenvalue weighted by Crippen LogP contribution is -2.01. The van der Waals surface area contributed by atoms with Gasteiger partial charge in [0.05, 0.1) is 17.8 Å². The molecule has 0 fully saturated rings. The first-order valence-electron chi connectivity index (χ1n) is 5.43. The lowest BCUT2D eigenvalue weighted by molar-refractivity contribution is 0.0694. The highest BCUT2D eigenvalue weighted by Gasteiger charge is 2.14. The fraction of sp³-hybridized carbons (Fsp3) is 0. The summed E-state index contributed by atoms with van der Waals surface area (Å²) in [7, 11) is 0. The Morgan fingerprint density at radius 3 is 3.00 bits per heavy atom. The zero-order chi connectivity index (χ0) is 13.2. The Hall–Kier alpha value is -2.89. The van der Waals surface area contributed by atoms with Gasteiger partial charge in [0, 0.05) is 12.4 Å². The van der Waals surface area contributed by atoms with Crippen LogP contribution >= 0.6 is 0 Å². The minimum Gasteiger partial charge on any atom is -0.478 e. The Kier molecular flexibility index (Phi) is 2.60. The van der Waals surface area contributed by atoms with Gasteiger partial charge in [0.2, 0.25) is 5.88 Å². The Bertz CT molecular complexity index is 751. The molecule has 0 aliphatic rings. The van der Waals surface area contributed by atoms with Gasteiger partial charge >= 0.3 is 5.97 Å². The average molecular weight is 256 g/mol. The molecule has 3 aromatic rings. The highest BCUT2D eigenvalue weighted by Crippen LogP contribution is 2.29. The van der Waals surface area contributed by atoms with Crippen LogP contribution in [0.5, 0.6) is 11.6 Å². The van der Waals surface area contributed by atoms with Crippen LogP contribution in [-0.2, 0) is 0 Å². The van der Waals surface area contributed by atoms with Gasteiger partial charge in [-0.2, -0.15) is 0 Å². The van der Waals surface area contributed by atoms with Crippen LogP contribution < -0.4 is 4.74 Å². The van der Waals surface area contributed by atoms with Crippen molar-refractivity contribution in [2.24, 2.45) is 0 Å². The molecule has 0 unspecified atom stereocenters. The molecular weight excluding hydrogens is 248 g/mol. The second-order valence-corrected chi connectivity index (χ2v) is 3.73. The van der Waals surface area contributed by atoms with Gasteiger partial charge < -0.3 is 14.3 Å². The molecule has 0 aliphatic carbocycles. The Morgan fingerprint density at radius 1 is 1.26 bits per heavy atom. The molecule has 3 heterocycles. The standard InChI is InChI=1S/C13H8N2O4/c16-13(17)9-1-4-14-7-11(9)19-12-8-3-6-18-10(8)2-5-15-12/h1-7H,(H,16,17). The Morgan fingerprint density at radius 2 is 2.16 bits per heavy atom. The predicted molar refractivity (Wildman–Crippen MR) is 65.3 cm³/mol. The molecule has 0 saturated carbocycles. The maximum absolute atomic E-state index is 11.1. The van der Waals surface area contributed by atoms with E-state index in [0.29, 0.717) is 11.0 Å². The van der Waals surface area contributed by atoms with E-state index < -0.39 is 5.97 Å². The Balaban J connectivity index is 2.06. The highest BCUT2D eigenvalue weighted by molar-refractivity contribution is 5.91. The van der Waals surface area contributed by atoms with Crippen LogP contribution in [-0.4, -0.2) is 21.0 Å². The first-order valence-corrected chi connectivity index (χ1v) is 5.43. The van der Waals surface area contributed by atoms with E-state index in [2.05, 4.69) is 9.97 Å². The van der Waals surface area contributed by atoms with Crippen LogP contribution in [0.1, 0.15) is 10.4 Å². The van der Waals surface area contributed by atoms with Crippen LogP contribution in [0.25, 0.3) is 11.0 Å². The van der Waals surface area contributed by atoms with Crippen molar-refractivity contribution >= 4 is 16.9 Å². The van der Waals surface area contributed by atoms with Crippen molar-refractivity contribution in [3.05, 3.63) is 48.6 Å². The predicted octanol–water partition coefficient (Wildman–Crippen LogP) is 2.71. The SMILES string of the molecule is O=C(O)c1ccncc1Oc1nccc2occc12. The van der Waals surface area contributed by atoms with E-state index in [4.69, 9.17) is 14.3 Å². The molecule has 94 valence electrons. The lowest BCUT2D eigenvalue weighted by atomic mass is 10.2. The molecule has 0 saturated heterocycles. The molecule has 0 aromatic carbocycles. The van der Waals surface area contributed by atoms with Gasteiger partial charge in [0.1, 0.15) is 11.1 Å². The summed E-state index contributed by atoms with van der Waals surface area (Å²) in [5.41, 5.74) is 0.642. The summed E-state index contributed by atoms with van der Waals surface area (Å²) in [5.74, 6) is -0.672. The molecule has 0 atom stereocenters. The third kappa shape index (κ3) is 1.99. The van der Waals surface area contributed by atoms with Gasteiger partial charge in [-0.05, 0) is 18.2 Å². The Labute approximate surface area is 107 Å². The number of nitrogens with zero attached hydrogens (tertiary/aromatic N) is 2. The molecular formula is C13H8N2O4. The maximum Gasteiger partial charge on any atom is 0.339 e. The number of hydrogen-bond donors (Lipinski definition) is 1. The minimum atomic E-state index is -1.09. The third-order valence-corrected chi connectivity index (χ3v) is 2.56. The first kappa shape index (κ1) is 11.2. The largest absolute Gasteiger partial charge is 0.478 e. The summed E-state index contributed by atoms with van der Waals surface area (Å²) in [6, 6.07) is 4.77. The highest BCUT2D eigenvalue weighted by atomic mass is 16.5. The number of aromatic carboxylic acids is 1. The molecule has 3 aromatic heterocycles. The van der Waals surface area contributed by atoms with Crippen LogP contribution in [0.15, 0.2) is 47.5 Å². The average Bonchev–Trinajstić information content (AvgIpc) is 2.88. The van der Waals surface area contributed by atoms with Crippen LogP contribution in [0.4, 0.5) is 0 Å². The molecule has 6 heteroatoms. The topological polar surface area (TPSA) is 85.5 Å². The van der Waals surface area contributed by atoms with Crippen LogP contribution in [0, 0.1) is 0 Å². The van der Waals surface area contributed by atoms with Crippen molar-refractivity contribution in [1.29, 1.82) is 0 Å². The van der Waals surface area contributed by atoms with Gasteiger partial charge in [0.15, 0.2) is 5.75 Å². The molecule has 3 rings (SSSR count). The van der Waals surface area contributed by atoms with Gasteiger partial charge in [-0.25, -0.2) is 9.78 Å². The normalized spacial score (nSPS) is 10.5. The van der Waals surface area contributed by atoms with E-state index in [1.54, 1.807) is 12.1 Å². The fourth-order valence-electron chi connectivity index (χ4n) is 1.69. The van der Waals surface area contributed by atoms with E-state index in [-0.39, 0.29) is 17.2 Å². The molecule has 0 bridgehead atoms. The summed E-state index contributed by atoms with van der Waals surface area (Å²) < 4.78 is 10.7. The number of ether oxygens (including phenoxy) is 1. The summed E-state index contributed by atoms with van der Waals surface area (Å²) in [5, 5.41) is 9.74. The molecule has 0 amide bonds. The smallest absolute Gasteiger partial charge is 0.339 e. The van der Waals surface area contributed by atoms with Crippen molar-refractivity contribution in [2.45, 2.75) is 0 Å². The summed E-state index contributed by atoms with van der Waals surface area (Å²) in [4.78, 5) is 19.0. The van der Waals surface area contributed by atoms with Crippen molar-refractivity contribution in [2.75, 3.05) is 0 Å². The number of furan rings is 1. The second-order valence-electron chi connectivity index (χ2n) is 3.73. The number of carboxylic acids is 1. The number of fused-ring (bicyclic) bond motifs is 1. The number of aromatic nitrogens is 2. The molecule has 0 spiro atoms. The molecule has 0 aliphatic heterocycles. The fourth-order valence-corrected chi connectivity index (χ4v) is 1.69. The number of rotatable bonds is 3. The zero-order valence-corrected chi connectivity index (χ0v) is 9.61.